The molecule has 3 fully saturated rings. The standard InChI is InChI=1S/C44H44Cl2F3N5O5/c1-53(2)40(57)32-16-14-28(20-59-32)51-39(56)36-33(29-17-18-50-38(46)34(29)49)44(30-15-13-27(45)19-31(30)52-41(44)58)43(21-42(22-43,23-47)24-48)54(36)35(25-9-5-3-6-10-25)37(55)26-11-7-4-8-12-26/h3-13,15,17-19,28,32-33,35-37,55H,14,16,20-24H2,1-2H3,(H,51,56)(H,52,58)/t28-,32+,33+,35-,36-,37+,44+/m1/s1. The first kappa shape index (κ1) is 41.2. The van der Waals surface area contributed by atoms with Gasteiger partial charge < -0.3 is 25.4 Å². The Morgan fingerprint density at radius 3 is 2.27 bits per heavy atom. The van der Waals surface area contributed by atoms with Crippen molar-refractivity contribution in [1.82, 2.24) is 20.1 Å². The Bertz CT molecular complexity index is 2240. The lowest BCUT2D eigenvalue weighted by Gasteiger charge is -2.63. The van der Waals surface area contributed by atoms with Crippen molar-refractivity contribution in [2.75, 3.05) is 39.4 Å². The van der Waals surface area contributed by atoms with E-state index in [9.17, 15) is 9.90 Å². The fourth-order valence-corrected chi connectivity index (χ4v) is 10.9. The number of halogens is 5. The lowest BCUT2D eigenvalue weighted by atomic mass is 9.45. The number of aromatic nitrogens is 1. The van der Waals surface area contributed by atoms with E-state index < -0.39 is 88.8 Å². The number of aliphatic hydroxyl groups excluding tert-OH is 1. The van der Waals surface area contributed by atoms with Gasteiger partial charge in [-0.15, -0.1) is 0 Å². The summed E-state index contributed by atoms with van der Waals surface area (Å²) in [4.78, 5) is 50.9. The number of benzene rings is 3. The van der Waals surface area contributed by atoms with Gasteiger partial charge in [0, 0.05) is 47.9 Å². The number of ether oxygens (including phenoxy) is 1. The summed E-state index contributed by atoms with van der Waals surface area (Å²) in [5.74, 6) is -3.91. The molecule has 4 aromatic rings. The van der Waals surface area contributed by atoms with E-state index in [2.05, 4.69) is 15.6 Å². The molecule has 1 aromatic heterocycles. The minimum absolute atomic E-state index is 0.0253. The van der Waals surface area contributed by atoms with Crippen molar-refractivity contribution in [3.05, 3.63) is 129 Å². The van der Waals surface area contributed by atoms with Crippen molar-refractivity contribution in [2.24, 2.45) is 5.41 Å². The summed E-state index contributed by atoms with van der Waals surface area (Å²) in [6.45, 7) is -2.18. The van der Waals surface area contributed by atoms with Crippen LogP contribution in [0.4, 0.5) is 18.9 Å². The van der Waals surface area contributed by atoms with Gasteiger partial charge in [0.1, 0.15) is 11.5 Å². The second-order valence-corrected chi connectivity index (χ2v) is 17.3. The highest BCUT2D eigenvalue weighted by molar-refractivity contribution is 6.31. The highest BCUT2D eigenvalue weighted by Gasteiger charge is 2.82. The van der Waals surface area contributed by atoms with Crippen LogP contribution in [-0.4, -0.2) is 95.4 Å². The minimum Gasteiger partial charge on any atom is -0.386 e. The third-order valence-electron chi connectivity index (χ3n) is 12.9. The molecule has 8 rings (SSSR count). The van der Waals surface area contributed by atoms with Gasteiger partial charge >= 0.3 is 0 Å². The normalized spacial score (nSPS) is 26.5. The van der Waals surface area contributed by atoms with Crippen LogP contribution in [0.1, 0.15) is 66.0 Å². The number of hydrogen-bond donors (Lipinski definition) is 3. The van der Waals surface area contributed by atoms with Crippen molar-refractivity contribution in [2.45, 2.75) is 72.9 Å². The van der Waals surface area contributed by atoms with Crippen LogP contribution in [0.2, 0.25) is 10.2 Å². The van der Waals surface area contributed by atoms with Gasteiger partial charge in [-0.1, -0.05) is 89.9 Å². The number of carbonyl (C=O) groups is 3. The monoisotopic (exact) mass is 849 g/mol. The smallest absolute Gasteiger partial charge is 0.251 e. The highest BCUT2D eigenvalue weighted by atomic mass is 35.5. The molecule has 0 bridgehead atoms. The quantitative estimate of drug-likeness (QED) is 0.149. The Hall–Kier alpha value is -4.53. The van der Waals surface area contributed by atoms with Crippen LogP contribution in [0.3, 0.4) is 0 Å². The zero-order valence-corrected chi connectivity index (χ0v) is 33.9. The second kappa shape index (κ2) is 15.8. The van der Waals surface area contributed by atoms with Crippen LogP contribution in [0, 0.1) is 11.2 Å². The van der Waals surface area contributed by atoms with Crippen molar-refractivity contribution in [1.29, 1.82) is 0 Å². The van der Waals surface area contributed by atoms with E-state index in [4.69, 9.17) is 27.9 Å². The molecule has 10 nitrogen and oxygen atoms in total. The van der Waals surface area contributed by atoms with Gasteiger partial charge in [-0.25, -0.2) is 9.37 Å². The molecule has 15 heteroatoms. The molecule has 0 radical (unpaired) electrons. The van der Waals surface area contributed by atoms with E-state index in [1.54, 1.807) is 97.9 Å². The van der Waals surface area contributed by atoms with Crippen LogP contribution in [-0.2, 0) is 24.5 Å². The SMILES string of the molecule is CN(C)C(=O)[C@@H]1CC[C@@H](NC(=O)[C@H]2[C@H](c3ccnc(Cl)c3F)[C@@]3(C(=O)Nc4cc(Cl)ccc43)C3(CC(CF)(CF)C3)N2[C@H](c2ccccc2)[C@@H](O)c2ccccc2)CO1. The predicted molar refractivity (Wildman–Crippen MR) is 216 cm³/mol. The molecule has 4 aliphatic rings. The largest absolute Gasteiger partial charge is 0.386 e. The minimum atomic E-state index is -1.93. The summed E-state index contributed by atoms with van der Waals surface area (Å²) < 4.78 is 53.6. The zero-order chi connectivity index (χ0) is 41.9. The third kappa shape index (κ3) is 6.51. The van der Waals surface area contributed by atoms with Gasteiger partial charge in [0.05, 0.1) is 44.2 Å². The van der Waals surface area contributed by atoms with Gasteiger partial charge in [0.2, 0.25) is 11.8 Å². The third-order valence-corrected chi connectivity index (χ3v) is 13.4. The van der Waals surface area contributed by atoms with Gasteiger partial charge in [0.25, 0.3) is 5.91 Å². The summed E-state index contributed by atoms with van der Waals surface area (Å²) >= 11 is 12.9. The Morgan fingerprint density at radius 2 is 1.66 bits per heavy atom. The first-order valence-corrected chi connectivity index (χ1v) is 20.3. The molecule has 59 heavy (non-hydrogen) atoms. The number of hydrogen-bond acceptors (Lipinski definition) is 7. The van der Waals surface area contributed by atoms with E-state index in [1.165, 1.54) is 17.2 Å². The lowest BCUT2D eigenvalue weighted by Crippen LogP contribution is -2.72. The first-order chi connectivity index (χ1) is 28.3. The molecule has 3 N–H and O–H groups in total. The molecule has 3 aromatic carbocycles. The molecule has 4 heterocycles. The number of carbonyl (C=O) groups excluding carboxylic acids is 3. The number of nitrogens with zero attached hydrogens (tertiary/aromatic N) is 3. The number of likely N-dealkylation sites (N-methyl/N-ethyl adjacent to an activating group) is 1. The number of fused-ring (bicyclic) bond motifs is 3. The van der Waals surface area contributed by atoms with Crippen LogP contribution >= 0.6 is 23.2 Å². The maximum Gasteiger partial charge on any atom is 0.251 e. The molecule has 7 atom stereocenters. The summed E-state index contributed by atoms with van der Waals surface area (Å²) in [5, 5.41) is 18.6. The molecule has 3 amide bonds. The lowest BCUT2D eigenvalue weighted by molar-refractivity contribution is -0.166. The first-order valence-electron chi connectivity index (χ1n) is 19.6. The Labute approximate surface area is 350 Å². The summed E-state index contributed by atoms with van der Waals surface area (Å²) in [5.41, 5.74) is -3.63. The molecular formula is C44H44Cl2F3N5O5. The topological polar surface area (TPSA) is 124 Å². The predicted octanol–water partition coefficient (Wildman–Crippen LogP) is 6.87. The Balaban J connectivity index is 1.41. The van der Waals surface area contributed by atoms with Gasteiger partial charge in [0.15, 0.2) is 11.0 Å². The maximum atomic E-state index is 16.9. The number of aliphatic hydroxyl groups is 1. The summed E-state index contributed by atoms with van der Waals surface area (Å²) in [7, 11) is 3.26. The van der Waals surface area contributed by atoms with Crippen LogP contribution in [0.5, 0.6) is 0 Å². The molecule has 2 saturated heterocycles. The second-order valence-electron chi connectivity index (χ2n) is 16.5. The molecule has 1 saturated carbocycles. The van der Waals surface area contributed by atoms with Crippen LogP contribution in [0.15, 0.2) is 91.1 Å². The summed E-state index contributed by atoms with van der Waals surface area (Å²) in [6.07, 6.45) is -0.734. The van der Waals surface area contributed by atoms with Gasteiger partial charge in [-0.05, 0) is 66.1 Å². The molecule has 3 aliphatic heterocycles. The van der Waals surface area contributed by atoms with Crippen LogP contribution < -0.4 is 10.6 Å². The van der Waals surface area contributed by atoms with E-state index in [0.29, 0.717) is 35.2 Å². The van der Waals surface area contributed by atoms with Crippen molar-refractivity contribution < 1.29 is 37.4 Å². The fourth-order valence-electron chi connectivity index (χ4n) is 10.5. The molecular weight excluding hydrogens is 806 g/mol. The van der Waals surface area contributed by atoms with Crippen LogP contribution in [0.25, 0.3) is 0 Å². The maximum absolute atomic E-state index is 16.9. The Morgan fingerprint density at radius 1 is 1.00 bits per heavy atom. The molecule has 1 aliphatic carbocycles. The molecule has 310 valence electrons. The zero-order valence-electron chi connectivity index (χ0n) is 32.4. The van der Waals surface area contributed by atoms with E-state index >= 15 is 22.8 Å². The van der Waals surface area contributed by atoms with E-state index in [-0.39, 0.29) is 35.9 Å². The average Bonchev–Trinajstić information content (AvgIpc) is 3.66. The van der Waals surface area contributed by atoms with Gasteiger partial charge in [-0.2, -0.15) is 0 Å². The number of amides is 3. The molecule has 2 spiro atoms. The highest BCUT2D eigenvalue weighted by Crippen LogP contribution is 2.74. The fraction of sp³-hybridized carbons (Fsp3) is 0.409. The number of pyridine rings is 1. The number of likely N-dealkylation sites (tertiary alicyclic amines) is 1. The Kier molecular flexibility index (Phi) is 11.0. The van der Waals surface area contributed by atoms with E-state index in [1.807, 2.05) is 0 Å². The van der Waals surface area contributed by atoms with Gasteiger partial charge in [-0.3, -0.25) is 28.1 Å². The number of alkyl halides is 2. The average molecular weight is 851 g/mol. The summed E-state index contributed by atoms with van der Waals surface area (Å²) in [6, 6.07) is 20.5. The number of anilines is 1. The van der Waals surface area contributed by atoms with Crippen molar-refractivity contribution in [3.63, 3.8) is 0 Å². The molecule has 0 unspecified atom stereocenters. The van der Waals surface area contributed by atoms with Crippen molar-refractivity contribution in [3.8, 4) is 0 Å². The number of nitrogens with one attached hydrogen (secondary N) is 2. The van der Waals surface area contributed by atoms with Crippen molar-refractivity contribution >= 4 is 46.6 Å². The van der Waals surface area contributed by atoms with E-state index in [0.717, 1.165) is 0 Å². The number of rotatable bonds is 10.